The summed E-state index contributed by atoms with van der Waals surface area (Å²) in [5.41, 5.74) is 2.81. The molecule has 2 aromatic carbocycles. The SMILES string of the molecule is Cc1ccc(S(=O)(=O)N(CC(=O)NCc2ccco2)Cc2cccc(C)c2)cc1. The van der Waals surface area contributed by atoms with Crippen molar-refractivity contribution >= 4 is 15.9 Å². The van der Waals surface area contributed by atoms with Crippen molar-refractivity contribution < 1.29 is 17.6 Å². The molecule has 1 heterocycles. The number of carbonyl (C=O) groups is 1. The standard InChI is InChI=1S/C22H24N2O4S/c1-17-8-10-21(11-9-17)29(26,27)24(15-19-6-3-5-18(2)13-19)16-22(25)23-14-20-7-4-12-28-20/h3-13H,14-16H2,1-2H3,(H,23,25). The monoisotopic (exact) mass is 412 g/mol. The molecule has 1 N–H and O–H groups in total. The van der Waals surface area contributed by atoms with Crippen LogP contribution in [0.1, 0.15) is 22.5 Å². The smallest absolute Gasteiger partial charge is 0.243 e. The van der Waals surface area contributed by atoms with Crippen LogP contribution in [-0.4, -0.2) is 25.2 Å². The van der Waals surface area contributed by atoms with Gasteiger partial charge in [-0.25, -0.2) is 8.42 Å². The number of sulfonamides is 1. The topological polar surface area (TPSA) is 79.6 Å². The first kappa shape index (κ1) is 20.8. The third-order valence-electron chi connectivity index (χ3n) is 4.46. The maximum absolute atomic E-state index is 13.2. The molecule has 0 spiro atoms. The van der Waals surface area contributed by atoms with Crippen molar-refractivity contribution in [2.75, 3.05) is 6.54 Å². The summed E-state index contributed by atoms with van der Waals surface area (Å²) in [4.78, 5) is 12.6. The number of nitrogens with one attached hydrogen (secondary N) is 1. The predicted molar refractivity (Wildman–Crippen MR) is 111 cm³/mol. The number of nitrogens with zero attached hydrogens (tertiary/aromatic N) is 1. The van der Waals surface area contributed by atoms with Crippen LogP contribution in [0.2, 0.25) is 0 Å². The third-order valence-corrected chi connectivity index (χ3v) is 6.27. The summed E-state index contributed by atoms with van der Waals surface area (Å²) in [5.74, 6) is 0.203. The highest BCUT2D eigenvalue weighted by atomic mass is 32.2. The summed E-state index contributed by atoms with van der Waals surface area (Å²) >= 11 is 0. The Balaban J connectivity index is 1.82. The molecule has 1 amide bonds. The van der Waals surface area contributed by atoms with Crippen LogP contribution in [0.15, 0.2) is 76.2 Å². The molecule has 6 nitrogen and oxygen atoms in total. The lowest BCUT2D eigenvalue weighted by atomic mass is 10.1. The van der Waals surface area contributed by atoms with Crippen molar-refractivity contribution in [3.05, 3.63) is 89.4 Å². The lowest BCUT2D eigenvalue weighted by molar-refractivity contribution is -0.121. The largest absolute Gasteiger partial charge is 0.467 e. The van der Waals surface area contributed by atoms with Crippen LogP contribution in [0, 0.1) is 13.8 Å². The van der Waals surface area contributed by atoms with Crippen molar-refractivity contribution in [2.24, 2.45) is 0 Å². The van der Waals surface area contributed by atoms with E-state index in [0.29, 0.717) is 5.76 Å². The van der Waals surface area contributed by atoms with Crippen LogP contribution in [0.5, 0.6) is 0 Å². The lowest BCUT2D eigenvalue weighted by Crippen LogP contribution is -2.40. The number of carbonyl (C=O) groups excluding carboxylic acids is 1. The minimum atomic E-state index is -3.85. The Morgan fingerprint density at radius 1 is 1.00 bits per heavy atom. The Bertz CT molecular complexity index is 1060. The van der Waals surface area contributed by atoms with Gasteiger partial charge in [0.15, 0.2) is 0 Å². The van der Waals surface area contributed by atoms with Gasteiger partial charge < -0.3 is 9.73 Å². The molecular weight excluding hydrogens is 388 g/mol. The zero-order chi connectivity index (χ0) is 20.9. The van der Waals surface area contributed by atoms with Gasteiger partial charge in [0.05, 0.1) is 24.2 Å². The molecule has 0 fully saturated rings. The Morgan fingerprint density at radius 2 is 1.76 bits per heavy atom. The fourth-order valence-electron chi connectivity index (χ4n) is 2.91. The van der Waals surface area contributed by atoms with Crippen LogP contribution < -0.4 is 5.32 Å². The number of hydrogen-bond donors (Lipinski definition) is 1. The molecule has 3 aromatic rings. The second kappa shape index (κ2) is 9.07. The fraction of sp³-hybridized carbons (Fsp3) is 0.227. The highest BCUT2D eigenvalue weighted by Crippen LogP contribution is 2.19. The maximum Gasteiger partial charge on any atom is 0.243 e. The number of hydrogen-bond acceptors (Lipinski definition) is 4. The van der Waals surface area contributed by atoms with Crippen LogP contribution in [0.3, 0.4) is 0 Å². The van der Waals surface area contributed by atoms with Crippen LogP contribution in [0.25, 0.3) is 0 Å². The number of rotatable bonds is 8. The van der Waals surface area contributed by atoms with Crippen molar-refractivity contribution in [2.45, 2.75) is 31.8 Å². The van der Waals surface area contributed by atoms with E-state index in [1.54, 1.807) is 36.4 Å². The maximum atomic E-state index is 13.2. The van der Waals surface area contributed by atoms with Gasteiger partial charge in [-0.05, 0) is 43.7 Å². The Labute approximate surface area is 171 Å². The van der Waals surface area contributed by atoms with E-state index in [0.717, 1.165) is 16.7 Å². The van der Waals surface area contributed by atoms with Crippen LogP contribution >= 0.6 is 0 Å². The van der Waals surface area contributed by atoms with Crippen LogP contribution in [-0.2, 0) is 27.9 Å². The number of furan rings is 1. The summed E-state index contributed by atoms with van der Waals surface area (Å²) in [6.45, 7) is 3.85. The molecule has 7 heteroatoms. The van der Waals surface area contributed by atoms with Gasteiger partial charge >= 0.3 is 0 Å². The summed E-state index contributed by atoms with van der Waals surface area (Å²) < 4.78 is 32.9. The lowest BCUT2D eigenvalue weighted by Gasteiger charge is -2.22. The minimum absolute atomic E-state index is 0.103. The fourth-order valence-corrected chi connectivity index (χ4v) is 4.30. The average Bonchev–Trinajstić information content (AvgIpc) is 3.20. The van der Waals surface area contributed by atoms with Crippen molar-refractivity contribution in [3.8, 4) is 0 Å². The molecule has 1 aromatic heterocycles. The van der Waals surface area contributed by atoms with Gasteiger partial charge in [0.25, 0.3) is 0 Å². The molecule has 0 aliphatic carbocycles. The molecule has 0 radical (unpaired) electrons. The van der Waals surface area contributed by atoms with Crippen molar-refractivity contribution in [1.29, 1.82) is 0 Å². The van der Waals surface area contributed by atoms with E-state index in [9.17, 15) is 13.2 Å². The Morgan fingerprint density at radius 3 is 2.41 bits per heavy atom. The quantitative estimate of drug-likeness (QED) is 0.615. The molecule has 29 heavy (non-hydrogen) atoms. The molecule has 0 aliphatic heterocycles. The molecule has 152 valence electrons. The van der Waals surface area contributed by atoms with Gasteiger partial charge in [-0.3, -0.25) is 4.79 Å². The van der Waals surface area contributed by atoms with Gasteiger partial charge in [0, 0.05) is 6.54 Å². The minimum Gasteiger partial charge on any atom is -0.467 e. The Hall–Kier alpha value is -2.90. The van der Waals surface area contributed by atoms with E-state index in [1.165, 1.54) is 10.6 Å². The molecule has 0 saturated heterocycles. The number of aryl methyl sites for hydroxylation is 2. The first-order valence-electron chi connectivity index (χ1n) is 9.26. The second-order valence-corrected chi connectivity index (χ2v) is 8.87. The van der Waals surface area contributed by atoms with E-state index in [4.69, 9.17) is 4.42 Å². The first-order valence-corrected chi connectivity index (χ1v) is 10.7. The predicted octanol–water partition coefficient (Wildman–Crippen LogP) is 3.40. The van der Waals surface area contributed by atoms with E-state index in [1.807, 2.05) is 38.1 Å². The van der Waals surface area contributed by atoms with E-state index in [2.05, 4.69) is 5.32 Å². The highest BCUT2D eigenvalue weighted by molar-refractivity contribution is 7.89. The molecular formula is C22H24N2O4S. The average molecular weight is 413 g/mol. The number of benzene rings is 2. The molecule has 0 aliphatic rings. The van der Waals surface area contributed by atoms with E-state index >= 15 is 0 Å². The molecule has 3 rings (SSSR count). The highest BCUT2D eigenvalue weighted by Gasteiger charge is 2.27. The van der Waals surface area contributed by atoms with Gasteiger partial charge in [-0.2, -0.15) is 4.31 Å². The first-order chi connectivity index (χ1) is 13.8. The van der Waals surface area contributed by atoms with Gasteiger partial charge in [0.1, 0.15) is 5.76 Å². The Kier molecular flexibility index (Phi) is 6.51. The van der Waals surface area contributed by atoms with Crippen LogP contribution in [0.4, 0.5) is 0 Å². The zero-order valence-corrected chi connectivity index (χ0v) is 17.3. The van der Waals surface area contributed by atoms with Gasteiger partial charge in [0.2, 0.25) is 15.9 Å². The summed E-state index contributed by atoms with van der Waals surface area (Å²) in [5, 5.41) is 2.71. The molecule has 0 bridgehead atoms. The van der Waals surface area contributed by atoms with Crippen molar-refractivity contribution in [1.82, 2.24) is 9.62 Å². The summed E-state index contributed by atoms with van der Waals surface area (Å²) in [6, 6.07) is 17.7. The summed E-state index contributed by atoms with van der Waals surface area (Å²) in [7, 11) is -3.85. The summed E-state index contributed by atoms with van der Waals surface area (Å²) in [6.07, 6.45) is 1.52. The molecule has 0 atom stereocenters. The molecule has 0 saturated carbocycles. The second-order valence-electron chi connectivity index (χ2n) is 6.93. The van der Waals surface area contributed by atoms with Crippen molar-refractivity contribution in [3.63, 3.8) is 0 Å². The number of amides is 1. The van der Waals surface area contributed by atoms with Gasteiger partial charge in [-0.15, -0.1) is 0 Å². The van der Waals surface area contributed by atoms with E-state index < -0.39 is 15.9 Å². The third kappa shape index (κ3) is 5.56. The van der Waals surface area contributed by atoms with E-state index in [-0.39, 0.29) is 24.5 Å². The molecule has 0 unspecified atom stereocenters. The zero-order valence-electron chi connectivity index (χ0n) is 16.5. The van der Waals surface area contributed by atoms with Gasteiger partial charge in [-0.1, -0.05) is 47.5 Å². The normalized spacial score (nSPS) is 11.6.